The summed E-state index contributed by atoms with van der Waals surface area (Å²) in [7, 11) is -0.672. The van der Waals surface area contributed by atoms with Crippen molar-refractivity contribution in [2.75, 3.05) is 16.8 Å². The van der Waals surface area contributed by atoms with Crippen molar-refractivity contribution in [3.8, 4) is 0 Å². The molecule has 1 fully saturated rings. The maximum Gasteiger partial charge on any atom is 0.283 e. The molecule has 1 aliphatic heterocycles. The van der Waals surface area contributed by atoms with Gasteiger partial charge in [-0.2, -0.15) is 5.10 Å². The van der Waals surface area contributed by atoms with Gasteiger partial charge in [0.25, 0.3) is 5.56 Å². The van der Waals surface area contributed by atoms with Crippen molar-refractivity contribution in [1.29, 1.82) is 0 Å². The van der Waals surface area contributed by atoms with Gasteiger partial charge in [-0.15, -0.1) is 0 Å². The van der Waals surface area contributed by atoms with Crippen LogP contribution in [-0.4, -0.2) is 31.5 Å². The van der Waals surface area contributed by atoms with Gasteiger partial charge in [0.15, 0.2) is 0 Å². The zero-order chi connectivity index (χ0) is 14.0. The summed E-state index contributed by atoms with van der Waals surface area (Å²) in [5.41, 5.74) is 0.596. The SMILES string of the molecule is CC(C)n1ncc(NC2CCS(=O)CC2)c(Br)c1=O. The van der Waals surface area contributed by atoms with Gasteiger partial charge in [0, 0.05) is 28.3 Å². The Morgan fingerprint density at radius 3 is 2.68 bits per heavy atom. The number of aromatic nitrogens is 2. The van der Waals surface area contributed by atoms with E-state index in [1.165, 1.54) is 4.68 Å². The highest BCUT2D eigenvalue weighted by atomic mass is 79.9. The molecule has 106 valence electrons. The molecule has 0 amide bonds. The first-order valence-corrected chi connectivity index (χ1v) is 8.66. The summed E-state index contributed by atoms with van der Waals surface area (Å²) in [5.74, 6) is 1.46. The van der Waals surface area contributed by atoms with Crippen molar-refractivity contribution in [1.82, 2.24) is 9.78 Å². The van der Waals surface area contributed by atoms with Crippen molar-refractivity contribution in [3.63, 3.8) is 0 Å². The molecule has 1 aromatic rings. The zero-order valence-corrected chi connectivity index (χ0v) is 13.5. The Hall–Kier alpha value is -0.690. The third-order valence-electron chi connectivity index (χ3n) is 3.18. The Balaban J connectivity index is 2.15. The van der Waals surface area contributed by atoms with Crippen LogP contribution in [0, 0.1) is 0 Å². The molecule has 0 radical (unpaired) electrons. The van der Waals surface area contributed by atoms with E-state index in [4.69, 9.17) is 0 Å². The Morgan fingerprint density at radius 2 is 2.11 bits per heavy atom. The van der Waals surface area contributed by atoms with Gasteiger partial charge in [-0.05, 0) is 42.6 Å². The van der Waals surface area contributed by atoms with E-state index < -0.39 is 10.8 Å². The molecule has 1 aromatic heterocycles. The average molecular weight is 348 g/mol. The maximum atomic E-state index is 12.1. The number of hydrogen-bond acceptors (Lipinski definition) is 4. The van der Waals surface area contributed by atoms with Crippen LogP contribution in [0.2, 0.25) is 0 Å². The predicted molar refractivity (Wildman–Crippen MR) is 81.1 cm³/mol. The lowest BCUT2D eigenvalue weighted by Gasteiger charge is -2.24. The summed E-state index contributed by atoms with van der Waals surface area (Å²) in [6, 6.07) is 0.306. The second-order valence-corrected chi connectivity index (χ2v) is 7.47. The Morgan fingerprint density at radius 1 is 1.47 bits per heavy atom. The molecule has 19 heavy (non-hydrogen) atoms. The summed E-state index contributed by atoms with van der Waals surface area (Å²) in [5, 5.41) is 7.49. The Labute approximate surface area is 123 Å². The molecule has 0 spiro atoms. The van der Waals surface area contributed by atoms with E-state index in [0.29, 0.717) is 4.47 Å². The van der Waals surface area contributed by atoms with E-state index in [9.17, 15) is 9.00 Å². The monoisotopic (exact) mass is 347 g/mol. The molecular formula is C12H18BrN3O2S. The predicted octanol–water partition coefficient (Wildman–Crippen LogP) is 1.91. The number of nitrogens with one attached hydrogen (secondary N) is 1. The summed E-state index contributed by atoms with van der Waals surface area (Å²) >= 11 is 3.34. The van der Waals surface area contributed by atoms with Crippen LogP contribution in [0.15, 0.2) is 15.5 Å². The highest BCUT2D eigenvalue weighted by Crippen LogP contribution is 2.21. The lowest BCUT2D eigenvalue weighted by molar-refractivity contribution is 0.500. The molecule has 5 nitrogen and oxygen atoms in total. The van der Waals surface area contributed by atoms with Crippen molar-refractivity contribution >= 4 is 32.4 Å². The molecule has 1 N–H and O–H groups in total. The van der Waals surface area contributed by atoms with Crippen LogP contribution in [0.25, 0.3) is 0 Å². The molecule has 0 aliphatic carbocycles. The van der Waals surface area contributed by atoms with Gasteiger partial charge in [0.1, 0.15) is 4.47 Å². The number of nitrogens with zero attached hydrogens (tertiary/aromatic N) is 2. The van der Waals surface area contributed by atoms with E-state index in [-0.39, 0.29) is 17.6 Å². The van der Waals surface area contributed by atoms with Crippen molar-refractivity contribution < 1.29 is 4.21 Å². The summed E-state index contributed by atoms with van der Waals surface area (Å²) in [6.07, 6.45) is 3.41. The van der Waals surface area contributed by atoms with E-state index >= 15 is 0 Å². The van der Waals surface area contributed by atoms with E-state index in [1.54, 1.807) is 6.20 Å². The first-order valence-electron chi connectivity index (χ1n) is 6.38. The third kappa shape index (κ3) is 3.45. The quantitative estimate of drug-likeness (QED) is 0.906. The van der Waals surface area contributed by atoms with Crippen LogP contribution in [0.1, 0.15) is 32.7 Å². The Bertz CT molecular complexity index is 534. The van der Waals surface area contributed by atoms with Crippen LogP contribution in [0.3, 0.4) is 0 Å². The minimum absolute atomic E-state index is 0.0370. The first-order chi connectivity index (χ1) is 8.99. The van der Waals surface area contributed by atoms with Gasteiger partial charge in [0.05, 0.1) is 17.9 Å². The molecular weight excluding hydrogens is 330 g/mol. The minimum Gasteiger partial charge on any atom is -0.380 e. The standard InChI is InChI=1S/C12H18BrN3O2S/c1-8(2)16-12(17)11(13)10(7-14-16)15-9-3-5-19(18)6-4-9/h7-9,15H,3-6H2,1-2H3. The fourth-order valence-corrected chi connectivity index (χ4v) is 3.77. The zero-order valence-electron chi connectivity index (χ0n) is 11.1. The number of rotatable bonds is 3. The second-order valence-electron chi connectivity index (χ2n) is 4.98. The first kappa shape index (κ1) is 14.7. The van der Waals surface area contributed by atoms with Gasteiger partial charge in [-0.3, -0.25) is 9.00 Å². The highest BCUT2D eigenvalue weighted by Gasteiger charge is 2.19. The smallest absolute Gasteiger partial charge is 0.283 e. The van der Waals surface area contributed by atoms with Gasteiger partial charge >= 0.3 is 0 Å². The van der Waals surface area contributed by atoms with E-state index in [0.717, 1.165) is 30.0 Å². The molecule has 0 atom stereocenters. The highest BCUT2D eigenvalue weighted by molar-refractivity contribution is 9.10. The fraction of sp³-hybridized carbons (Fsp3) is 0.667. The van der Waals surface area contributed by atoms with E-state index in [1.807, 2.05) is 13.8 Å². The normalized spacial score (nSPS) is 23.6. The molecule has 1 aliphatic rings. The lowest BCUT2D eigenvalue weighted by Crippen LogP contribution is -2.31. The summed E-state index contributed by atoms with van der Waals surface area (Å²) in [4.78, 5) is 12.1. The van der Waals surface area contributed by atoms with Crippen LogP contribution in [-0.2, 0) is 10.8 Å². The average Bonchev–Trinajstić information content (AvgIpc) is 2.37. The number of hydrogen-bond donors (Lipinski definition) is 1. The van der Waals surface area contributed by atoms with Crippen LogP contribution in [0.4, 0.5) is 5.69 Å². The van der Waals surface area contributed by atoms with Crippen LogP contribution >= 0.6 is 15.9 Å². The fourth-order valence-electron chi connectivity index (χ4n) is 2.07. The molecule has 0 unspecified atom stereocenters. The second kappa shape index (κ2) is 6.17. The Kier molecular flexibility index (Phi) is 4.78. The number of anilines is 1. The van der Waals surface area contributed by atoms with Gasteiger partial charge in [-0.25, -0.2) is 4.68 Å². The van der Waals surface area contributed by atoms with Gasteiger partial charge < -0.3 is 5.32 Å². The van der Waals surface area contributed by atoms with E-state index in [2.05, 4.69) is 26.3 Å². The third-order valence-corrected chi connectivity index (χ3v) is 5.33. The van der Waals surface area contributed by atoms with Crippen molar-refractivity contribution in [3.05, 3.63) is 21.0 Å². The topological polar surface area (TPSA) is 64.0 Å². The van der Waals surface area contributed by atoms with Gasteiger partial charge in [-0.1, -0.05) is 0 Å². The van der Waals surface area contributed by atoms with Gasteiger partial charge in [0.2, 0.25) is 0 Å². The molecule has 2 rings (SSSR count). The maximum absolute atomic E-state index is 12.1. The van der Waals surface area contributed by atoms with Crippen LogP contribution in [0.5, 0.6) is 0 Å². The van der Waals surface area contributed by atoms with Crippen molar-refractivity contribution in [2.45, 2.75) is 38.8 Å². The minimum atomic E-state index is -0.672. The summed E-state index contributed by atoms with van der Waals surface area (Å²) in [6.45, 7) is 3.84. The summed E-state index contributed by atoms with van der Waals surface area (Å²) < 4.78 is 13.3. The largest absolute Gasteiger partial charge is 0.380 e. The van der Waals surface area contributed by atoms with Crippen molar-refractivity contribution in [2.24, 2.45) is 0 Å². The molecule has 0 bridgehead atoms. The molecule has 1 saturated heterocycles. The molecule has 2 heterocycles. The molecule has 0 saturated carbocycles. The molecule has 0 aromatic carbocycles. The molecule has 7 heteroatoms. The lowest BCUT2D eigenvalue weighted by atomic mass is 10.1. The number of halogens is 1. The van der Waals surface area contributed by atoms with Crippen LogP contribution < -0.4 is 10.9 Å².